The van der Waals surface area contributed by atoms with Gasteiger partial charge in [0, 0.05) is 12.0 Å². The molecule has 0 amide bonds. The first kappa shape index (κ1) is 13.3. The standard InChI is InChI=1S/C8H18BN2O3/c1-5-11(14-7(12)13)8(3,4)9-6(2)10/h6H,5,10H2,1-4H3,(H,12,13). The highest BCUT2D eigenvalue weighted by Gasteiger charge is 2.30. The van der Waals surface area contributed by atoms with E-state index in [0.29, 0.717) is 6.54 Å². The summed E-state index contributed by atoms with van der Waals surface area (Å²) in [5, 5.41) is 9.88. The van der Waals surface area contributed by atoms with Gasteiger partial charge in [-0.3, -0.25) is 0 Å². The first-order chi connectivity index (χ1) is 6.29. The maximum atomic E-state index is 10.4. The lowest BCUT2D eigenvalue weighted by Gasteiger charge is -2.35. The zero-order valence-corrected chi connectivity index (χ0v) is 9.15. The summed E-state index contributed by atoms with van der Waals surface area (Å²) >= 11 is 0. The van der Waals surface area contributed by atoms with Gasteiger partial charge in [0.1, 0.15) is 0 Å². The minimum Gasteiger partial charge on any atom is -0.448 e. The molecule has 1 unspecified atom stereocenters. The van der Waals surface area contributed by atoms with Gasteiger partial charge in [-0.25, -0.2) is 4.79 Å². The first-order valence-electron chi connectivity index (χ1n) is 4.59. The third-order valence-corrected chi connectivity index (χ3v) is 1.79. The van der Waals surface area contributed by atoms with E-state index >= 15 is 0 Å². The molecule has 0 aromatic carbocycles. The van der Waals surface area contributed by atoms with Crippen LogP contribution < -0.4 is 5.73 Å². The molecule has 0 heterocycles. The molecule has 5 nitrogen and oxygen atoms in total. The summed E-state index contributed by atoms with van der Waals surface area (Å²) < 4.78 is 0. The van der Waals surface area contributed by atoms with Crippen LogP contribution in [0.4, 0.5) is 4.79 Å². The quantitative estimate of drug-likeness (QED) is 0.504. The van der Waals surface area contributed by atoms with Crippen LogP contribution in [0.5, 0.6) is 0 Å². The predicted molar refractivity (Wildman–Crippen MR) is 55.0 cm³/mol. The van der Waals surface area contributed by atoms with Crippen LogP contribution in [-0.2, 0) is 4.84 Å². The predicted octanol–water partition coefficient (Wildman–Crippen LogP) is 0.663. The number of hydroxylamine groups is 2. The van der Waals surface area contributed by atoms with Gasteiger partial charge >= 0.3 is 6.16 Å². The van der Waals surface area contributed by atoms with Crippen LogP contribution in [0.1, 0.15) is 27.7 Å². The first-order valence-corrected chi connectivity index (χ1v) is 4.59. The summed E-state index contributed by atoms with van der Waals surface area (Å²) in [6.45, 7) is 7.82. The van der Waals surface area contributed by atoms with Crippen LogP contribution in [0, 0.1) is 0 Å². The summed E-state index contributed by atoms with van der Waals surface area (Å²) in [4.78, 5) is 15.0. The Kier molecular flexibility index (Phi) is 4.94. The largest absolute Gasteiger partial charge is 0.525 e. The number of carbonyl (C=O) groups is 1. The lowest BCUT2D eigenvalue weighted by atomic mass is 9.55. The van der Waals surface area contributed by atoms with Gasteiger partial charge in [0.05, 0.1) is 0 Å². The van der Waals surface area contributed by atoms with Crippen LogP contribution in [0.3, 0.4) is 0 Å². The highest BCUT2D eigenvalue weighted by Crippen LogP contribution is 2.13. The van der Waals surface area contributed by atoms with E-state index in [4.69, 9.17) is 10.8 Å². The van der Waals surface area contributed by atoms with E-state index in [1.807, 2.05) is 35.0 Å². The van der Waals surface area contributed by atoms with Crippen molar-refractivity contribution >= 4 is 13.4 Å². The Balaban J connectivity index is 4.39. The Morgan fingerprint density at radius 1 is 1.71 bits per heavy atom. The molecular weight excluding hydrogens is 183 g/mol. The molecule has 1 atom stereocenters. The molecule has 0 saturated heterocycles. The van der Waals surface area contributed by atoms with Gasteiger partial charge in [-0.05, 0) is 12.9 Å². The van der Waals surface area contributed by atoms with E-state index < -0.39 is 11.6 Å². The summed E-state index contributed by atoms with van der Waals surface area (Å²) in [6.07, 6.45) is -1.31. The Morgan fingerprint density at radius 3 is 2.50 bits per heavy atom. The number of hydrogen-bond donors (Lipinski definition) is 2. The van der Waals surface area contributed by atoms with Crippen molar-refractivity contribution < 1.29 is 14.7 Å². The highest BCUT2D eigenvalue weighted by atomic mass is 16.8. The lowest BCUT2D eigenvalue weighted by Crippen LogP contribution is -2.53. The van der Waals surface area contributed by atoms with E-state index in [-0.39, 0.29) is 5.94 Å². The monoisotopic (exact) mass is 201 g/mol. The van der Waals surface area contributed by atoms with Crippen molar-refractivity contribution in [3.05, 3.63) is 0 Å². The van der Waals surface area contributed by atoms with Gasteiger partial charge in [0.25, 0.3) is 0 Å². The van der Waals surface area contributed by atoms with E-state index in [0.717, 1.165) is 0 Å². The van der Waals surface area contributed by atoms with Crippen LogP contribution in [0.15, 0.2) is 0 Å². The van der Waals surface area contributed by atoms with Crippen LogP contribution in [0.2, 0.25) is 0 Å². The smallest absolute Gasteiger partial charge is 0.448 e. The molecule has 0 aliphatic heterocycles. The molecule has 0 saturated carbocycles. The number of nitrogens with zero attached hydrogens (tertiary/aromatic N) is 1. The van der Waals surface area contributed by atoms with Crippen molar-refractivity contribution in [1.29, 1.82) is 0 Å². The number of rotatable bonds is 5. The van der Waals surface area contributed by atoms with Crippen LogP contribution >= 0.6 is 0 Å². The topological polar surface area (TPSA) is 75.8 Å². The molecule has 0 rings (SSSR count). The Labute approximate surface area is 85.4 Å². The molecule has 14 heavy (non-hydrogen) atoms. The van der Waals surface area contributed by atoms with Gasteiger partial charge in [-0.15, -0.1) is 5.06 Å². The molecule has 3 N–H and O–H groups in total. The van der Waals surface area contributed by atoms with Crippen molar-refractivity contribution in [3.63, 3.8) is 0 Å². The van der Waals surface area contributed by atoms with Crippen LogP contribution in [-0.4, -0.2) is 41.5 Å². The SMILES string of the molecule is CCN(OC(=O)O)C(C)(C)[B]C(C)N. The molecule has 0 spiro atoms. The van der Waals surface area contributed by atoms with Gasteiger partial charge in [-0.2, -0.15) is 0 Å². The van der Waals surface area contributed by atoms with Crippen LogP contribution in [0.25, 0.3) is 0 Å². The van der Waals surface area contributed by atoms with E-state index in [1.54, 1.807) is 0 Å². The molecule has 0 aliphatic rings. The Morgan fingerprint density at radius 2 is 2.21 bits per heavy atom. The second kappa shape index (κ2) is 5.21. The van der Waals surface area contributed by atoms with Crippen molar-refractivity contribution in [3.8, 4) is 0 Å². The summed E-state index contributed by atoms with van der Waals surface area (Å²) in [6, 6.07) is 0. The molecule has 1 radical (unpaired) electrons. The van der Waals surface area contributed by atoms with E-state index in [2.05, 4.69) is 4.84 Å². The molecule has 0 aromatic heterocycles. The Bertz CT molecular complexity index is 197. The number of nitrogens with two attached hydrogens (primary N) is 1. The fraction of sp³-hybridized carbons (Fsp3) is 0.875. The lowest BCUT2D eigenvalue weighted by molar-refractivity contribution is -0.151. The fourth-order valence-electron chi connectivity index (χ4n) is 1.41. The third-order valence-electron chi connectivity index (χ3n) is 1.79. The highest BCUT2D eigenvalue weighted by molar-refractivity contribution is 6.41. The average molecular weight is 201 g/mol. The van der Waals surface area contributed by atoms with Crippen molar-refractivity contribution in [2.45, 2.75) is 39.1 Å². The zero-order valence-electron chi connectivity index (χ0n) is 9.15. The molecule has 0 aromatic rings. The molecule has 0 aliphatic carbocycles. The minimum absolute atomic E-state index is 0.114. The molecule has 6 heteroatoms. The second-order valence-electron chi connectivity index (χ2n) is 3.73. The molecule has 0 fully saturated rings. The summed E-state index contributed by atoms with van der Waals surface area (Å²) in [5.41, 5.74) is 5.12. The average Bonchev–Trinajstić information content (AvgIpc) is 1.96. The summed E-state index contributed by atoms with van der Waals surface area (Å²) in [7, 11) is 1.83. The Hall–Kier alpha value is -0.745. The second-order valence-corrected chi connectivity index (χ2v) is 3.73. The molecular formula is C8H18BN2O3. The zero-order chi connectivity index (χ0) is 11.4. The summed E-state index contributed by atoms with van der Waals surface area (Å²) in [5.74, 6) is -0.114. The van der Waals surface area contributed by atoms with E-state index in [1.165, 1.54) is 5.06 Å². The number of hydrogen-bond acceptors (Lipinski definition) is 4. The van der Waals surface area contributed by atoms with Gasteiger partial charge in [-0.1, -0.05) is 20.8 Å². The van der Waals surface area contributed by atoms with E-state index in [9.17, 15) is 4.79 Å². The maximum absolute atomic E-state index is 10.4. The maximum Gasteiger partial charge on any atom is 0.525 e. The van der Waals surface area contributed by atoms with Crippen molar-refractivity contribution in [2.24, 2.45) is 5.73 Å². The third kappa shape index (κ3) is 4.48. The number of carboxylic acid groups (broad SMARTS) is 1. The molecule has 0 bridgehead atoms. The fourth-order valence-corrected chi connectivity index (χ4v) is 1.41. The molecule has 81 valence electrons. The normalized spacial score (nSPS) is 13.9. The van der Waals surface area contributed by atoms with Crippen molar-refractivity contribution in [1.82, 2.24) is 5.06 Å². The minimum atomic E-state index is -1.31. The van der Waals surface area contributed by atoms with Gasteiger partial charge < -0.3 is 15.7 Å². The van der Waals surface area contributed by atoms with Gasteiger partial charge in [0.15, 0.2) is 7.28 Å². The van der Waals surface area contributed by atoms with Crippen molar-refractivity contribution in [2.75, 3.05) is 6.54 Å². The van der Waals surface area contributed by atoms with Gasteiger partial charge in [0.2, 0.25) is 0 Å².